The van der Waals surface area contributed by atoms with E-state index in [0.717, 1.165) is 33.7 Å². The maximum atomic E-state index is 13.7. The number of hydrogen-bond donors (Lipinski definition) is 1. The fraction of sp³-hybridized carbons (Fsp3) is 0.481. The Morgan fingerprint density at radius 2 is 1.54 bits per heavy atom. The van der Waals surface area contributed by atoms with Crippen LogP contribution in [0.5, 0.6) is 0 Å². The molecule has 0 heterocycles. The fourth-order valence-electron chi connectivity index (χ4n) is 4.11. The van der Waals surface area contributed by atoms with Crippen LogP contribution in [0.15, 0.2) is 48.5 Å². The van der Waals surface area contributed by atoms with E-state index in [0.29, 0.717) is 25.1 Å². The molecule has 2 amide bonds. The molecule has 2 aromatic rings. The molecule has 0 fully saturated rings. The van der Waals surface area contributed by atoms with Gasteiger partial charge in [0.25, 0.3) is 0 Å². The summed E-state index contributed by atoms with van der Waals surface area (Å²) < 4.78 is 26.8. The van der Waals surface area contributed by atoms with Gasteiger partial charge in [0.15, 0.2) is 0 Å². The SMILES string of the molecule is CC[C@H](C)NC(=O)[C@H](CC)N(CCc1ccccc1)C(=O)CN(c1c(C)cccc1C)S(C)(=O)=O. The highest BCUT2D eigenvalue weighted by molar-refractivity contribution is 7.92. The number of para-hydroxylation sites is 1. The zero-order valence-corrected chi connectivity index (χ0v) is 22.6. The van der Waals surface area contributed by atoms with Crippen LogP contribution in [0.2, 0.25) is 0 Å². The molecule has 0 saturated heterocycles. The maximum absolute atomic E-state index is 13.7. The molecule has 0 bridgehead atoms. The van der Waals surface area contributed by atoms with Gasteiger partial charge in [-0.3, -0.25) is 13.9 Å². The number of rotatable bonds is 12. The molecule has 2 rings (SSSR count). The van der Waals surface area contributed by atoms with Crippen LogP contribution < -0.4 is 9.62 Å². The van der Waals surface area contributed by atoms with Crippen molar-refractivity contribution in [3.05, 3.63) is 65.2 Å². The Morgan fingerprint density at radius 1 is 0.943 bits per heavy atom. The van der Waals surface area contributed by atoms with Gasteiger partial charge >= 0.3 is 0 Å². The third-order valence-corrected chi connectivity index (χ3v) is 7.35. The van der Waals surface area contributed by atoms with E-state index in [4.69, 9.17) is 0 Å². The van der Waals surface area contributed by atoms with Crippen LogP contribution in [0.3, 0.4) is 0 Å². The minimum absolute atomic E-state index is 0.0234. The number of nitrogens with zero attached hydrogens (tertiary/aromatic N) is 2. The highest BCUT2D eigenvalue weighted by Crippen LogP contribution is 2.27. The number of anilines is 1. The minimum atomic E-state index is -3.75. The predicted molar refractivity (Wildman–Crippen MR) is 142 cm³/mol. The van der Waals surface area contributed by atoms with Crippen LogP contribution in [-0.4, -0.2) is 56.6 Å². The van der Waals surface area contributed by atoms with E-state index in [2.05, 4.69) is 5.32 Å². The third kappa shape index (κ3) is 7.82. The molecule has 0 aliphatic heterocycles. The monoisotopic (exact) mass is 501 g/mol. The Labute approximate surface area is 210 Å². The lowest BCUT2D eigenvalue weighted by Gasteiger charge is -2.34. The van der Waals surface area contributed by atoms with Gasteiger partial charge in [-0.1, -0.05) is 62.4 Å². The molecular weight excluding hydrogens is 462 g/mol. The smallest absolute Gasteiger partial charge is 0.244 e. The number of aryl methyl sites for hydroxylation is 2. The standard InChI is InChI=1S/C27H39N3O4S/c1-7-22(5)28-27(32)24(8-2)29(18-17-23-15-10-9-11-16-23)25(31)19-30(35(6,33)34)26-20(3)13-12-14-21(26)4/h9-16,22,24H,7-8,17-19H2,1-6H3,(H,28,32)/t22-,24-/m0/s1. The molecule has 2 aromatic carbocycles. The second-order valence-corrected chi connectivity index (χ2v) is 11.0. The zero-order valence-electron chi connectivity index (χ0n) is 21.7. The van der Waals surface area contributed by atoms with Crippen molar-refractivity contribution in [3.8, 4) is 0 Å². The van der Waals surface area contributed by atoms with Gasteiger partial charge in [-0.25, -0.2) is 8.42 Å². The van der Waals surface area contributed by atoms with Crippen LogP contribution in [0.4, 0.5) is 5.69 Å². The van der Waals surface area contributed by atoms with Gasteiger partial charge in [-0.15, -0.1) is 0 Å². The first-order chi connectivity index (χ1) is 16.5. The Balaban J connectivity index is 2.42. The summed E-state index contributed by atoms with van der Waals surface area (Å²) in [6, 6.07) is 14.5. The van der Waals surface area contributed by atoms with Crippen molar-refractivity contribution in [1.29, 1.82) is 0 Å². The normalized spacial score (nSPS) is 13.1. The summed E-state index contributed by atoms with van der Waals surface area (Å²) in [5, 5.41) is 2.98. The number of amides is 2. The van der Waals surface area contributed by atoms with E-state index in [1.165, 1.54) is 4.90 Å². The van der Waals surface area contributed by atoms with Crippen LogP contribution in [-0.2, 0) is 26.0 Å². The topological polar surface area (TPSA) is 86.8 Å². The molecule has 0 unspecified atom stereocenters. The van der Waals surface area contributed by atoms with Crippen molar-refractivity contribution >= 4 is 27.5 Å². The Kier molecular flexibility index (Phi) is 10.3. The molecule has 0 aromatic heterocycles. The van der Waals surface area contributed by atoms with Crippen molar-refractivity contribution in [3.63, 3.8) is 0 Å². The molecular formula is C27H39N3O4S. The number of nitrogens with one attached hydrogen (secondary N) is 1. The molecule has 0 aliphatic carbocycles. The van der Waals surface area contributed by atoms with Crippen molar-refractivity contribution in [1.82, 2.24) is 10.2 Å². The van der Waals surface area contributed by atoms with Gasteiger partial charge in [0, 0.05) is 12.6 Å². The molecule has 192 valence electrons. The number of hydrogen-bond acceptors (Lipinski definition) is 4. The van der Waals surface area contributed by atoms with E-state index in [-0.39, 0.29) is 18.5 Å². The molecule has 0 radical (unpaired) electrons. The Bertz CT molecular complexity index is 1080. The first kappa shape index (κ1) is 28.4. The van der Waals surface area contributed by atoms with E-state index in [1.807, 2.05) is 83.1 Å². The van der Waals surface area contributed by atoms with Gasteiger partial charge in [-0.2, -0.15) is 0 Å². The summed E-state index contributed by atoms with van der Waals surface area (Å²) in [6.45, 7) is 9.36. The molecule has 0 aliphatic rings. The van der Waals surface area contributed by atoms with Gasteiger partial charge < -0.3 is 10.2 Å². The maximum Gasteiger partial charge on any atom is 0.244 e. The fourth-order valence-corrected chi connectivity index (χ4v) is 5.08. The largest absolute Gasteiger partial charge is 0.352 e. The summed E-state index contributed by atoms with van der Waals surface area (Å²) in [4.78, 5) is 28.4. The van der Waals surface area contributed by atoms with Crippen molar-refractivity contribution in [2.24, 2.45) is 0 Å². The first-order valence-corrected chi connectivity index (χ1v) is 14.0. The summed E-state index contributed by atoms with van der Waals surface area (Å²) >= 11 is 0. The molecule has 8 heteroatoms. The number of benzene rings is 2. The Morgan fingerprint density at radius 3 is 2.06 bits per heavy atom. The summed E-state index contributed by atoms with van der Waals surface area (Å²) in [5.41, 5.74) is 3.07. The average molecular weight is 502 g/mol. The van der Waals surface area contributed by atoms with Crippen molar-refractivity contribution in [2.75, 3.05) is 23.7 Å². The lowest BCUT2D eigenvalue weighted by atomic mass is 10.1. The van der Waals surface area contributed by atoms with Gasteiger partial charge in [0.2, 0.25) is 21.8 Å². The Hall–Kier alpha value is -2.87. The predicted octanol–water partition coefficient (Wildman–Crippen LogP) is 3.83. The lowest BCUT2D eigenvalue weighted by Crippen LogP contribution is -2.54. The number of carbonyl (C=O) groups is 2. The summed E-state index contributed by atoms with van der Waals surface area (Å²) in [6.07, 6.45) is 2.86. The molecule has 7 nitrogen and oxygen atoms in total. The number of sulfonamides is 1. The first-order valence-electron chi connectivity index (χ1n) is 12.2. The lowest BCUT2D eigenvalue weighted by molar-refractivity contribution is -0.139. The van der Waals surface area contributed by atoms with Crippen LogP contribution in [0.1, 0.15) is 50.3 Å². The summed E-state index contributed by atoms with van der Waals surface area (Å²) in [5.74, 6) is -0.624. The van der Waals surface area contributed by atoms with Crippen LogP contribution in [0, 0.1) is 13.8 Å². The van der Waals surface area contributed by atoms with Crippen molar-refractivity contribution < 1.29 is 18.0 Å². The molecule has 0 spiro atoms. The second-order valence-electron chi connectivity index (χ2n) is 9.07. The van der Waals surface area contributed by atoms with E-state index in [1.54, 1.807) is 0 Å². The highest BCUT2D eigenvalue weighted by Gasteiger charge is 2.32. The summed E-state index contributed by atoms with van der Waals surface area (Å²) in [7, 11) is -3.75. The van der Waals surface area contributed by atoms with Gasteiger partial charge in [-0.05, 0) is 56.7 Å². The third-order valence-electron chi connectivity index (χ3n) is 6.24. The van der Waals surface area contributed by atoms with Crippen LogP contribution in [0.25, 0.3) is 0 Å². The average Bonchev–Trinajstić information content (AvgIpc) is 2.80. The van der Waals surface area contributed by atoms with Gasteiger partial charge in [0.1, 0.15) is 12.6 Å². The molecule has 35 heavy (non-hydrogen) atoms. The molecule has 0 saturated carbocycles. The van der Waals surface area contributed by atoms with Crippen LogP contribution >= 0.6 is 0 Å². The molecule has 2 atom stereocenters. The van der Waals surface area contributed by atoms with E-state index >= 15 is 0 Å². The van der Waals surface area contributed by atoms with Gasteiger partial charge in [0.05, 0.1) is 11.9 Å². The van der Waals surface area contributed by atoms with Crippen molar-refractivity contribution in [2.45, 2.75) is 66.0 Å². The number of carbonyl (C=O) groups excluding carboxylic acids is 2. The second kappa shape index (κ2) is 12.7. The molecule has 1 N–H and O–H groups in total. The van der Waals surface area contributed by atoms with E-state index < -0.39 is 22.0 Å². The zero-order chi connectivity index (χ0) is 26.2. The van der Waals surface area contributed by atoms with E-state index in [9.17, 15) is 18.0 Å². The highest BCUT2D eigenvalue weighted by atomic mass is 32.2. The minimum Gasteiger partial charge on any atom is -0.352 e. The quantitative estimate of drug-likeness (QED) is 0.479.